The van der Waals surface area contributed by atoms with Gasteiger partial charge in [-0.05, 0) is 50.2 Å². The number of carbonyl (C=O) groups is 1. The number of hydrogen-bond donors (Lipinski definition) is 0. The molecule has 0 unspecified atom stereocenters. The maximum atomic E-state index is 13.5. The van der Waals surface area contributed by atoms with Crippen LogP contribution in [0.2, 0.25) is 0 Å². The van der Waals surface area contributed by atoms with Crippen molar-refractivity contribution in [3.63, 3.8) is 0 Å². The summed E-state index contributed by atoms with van der Waals surface area (Å²) in [6, 6.07) is 8.19. The molecule has 4 rings (SSSR count). The van der Waals surface area contributed by atoms with Crippen LogP contribution in [0, 0.1) is 19.8 Å². The summed E-state index contributed by atoms with van der Waals surface area (Å²) < 4.78 is 30.3. The maximum absolute atomic E-state index is 13.5. The second kappa shape index (κ2) is 7.85. The summed E-state index contributed by atoms with van der Waals surface area (Å²) in [6.45, 7) is 7.97. The van der Waals surface area contributed by atoms with Crippen LogP contribution in [-0.4, -0.2) is 47.7 Å². The Bertz CT molecular complexity index is 1090. The first-order valence-corrected chi connectivity index (χ1v) is 12.2. The summed E-state index contributed by atoms with van der Waals surface area (Å²) in [4.78, 5) is 15.6. The number of sulfonamides is 1. The fraction of sp³-hybridized carbons (Fsp3) is 0.522. The van der Waals surface area contributed by atoms with Crippen LogP contribution in [0.25, 0.3) is 0 Å². The SMILES string of the molecule is Cc1c(S(=O)(=O)N2CCC[C@H](C)C2)c(C)n(C)c1C(=O)N1CCc2ccccc2C1. The van der Waals surface area contributed by atoms with Gasteiger partial charge in [-0.2, -0.15) is 4.31 Å². The topological polar surface area (TPSA) is 62.6 Å². The molecule has 162 valence electrons. The number of fused-ring (bicyclic) bond motifs is 1. The minimum atomic E-state index is -3.63. The lowest BCUT2D eigenvalue weighted by Gasteiger charge is -2.30. The van der Waals surface area contributed by atoms with Crippen molar-refractivity contribution in [2.75, 3.05) is 19.6 Å². The van der Waals surface area contributed by atoms with Crippen LogP contribution in [0.3, 0.4) is 0 Å². The third-order valence-corrected chi connectivity index (χ3v) is 8.83. The summed E-state index contributed by atoms with van der Waals surface area (Å²) in [5.74, 6) is 0.258. The number of aromatic nitrogens is 1. The first-order chi connectivity index (χ1) is 14.2. The second-order valence-electron chi connectivity index (χ2n) is 8.80. The van der Waals surface area contributed by atoms with Crippen molar-refractivity contribution < 1.29 is 13.2 Å². The Morgan fingerprint density at radius 2 is 1.80 bits per heavy atom. The summed E-state index contributed by atoms with van der Waals surface area (Å²) in [6.07, 6.45) is 2.75. The van der Waals surface area contributed by atoms with E-state index in [1.807, 2.05) is 17.0 Å². The number of hydrogen-bond acceptors (Lipinski definition) is 3. The van der Waals surface area contributed by atoms with Gasteiger partial charge in [0.25, 0.3) is 5.91 Å². The van der Waals surface area contributed by atoms with Crippen LogP contribution >= 0.6 is 0 Å². The summed E-state index contributed by atoms with van der Waals surface area (Å²) in [5.41, 5.74) is 4.12. The number of amides is 1. The number of piperidine rings is 1. The highest BCUT2D eigenvalue weighted by Gasteiger charge is 2.36. The van der Waals surface area contributed by atoms with E-state index in [-0.39, 0.29) is 5.91 Å². The molecule has 0 spiro atoms. The average molecular weight is 430 g/mol. The van der Waals surface area contributed by atoms with Crippen LogP contribution < -0.4 is 0 Å². The van der Waals surface area contributed by atoms with E-state index in [1.54, 1.807) is 29.8 Å². The number of rotatable bonds is 3. The van der Waals surface area contributed by atoms with E-state index < -0.39 is 10.0 Å². The van der Waals surface area contributed by atoms with Crippen molar-refractivity contribution in [2.45, 2.75) is 51.5 Å². The molecule has 0 radical (unpaired) electrons. The molecule has 0 N–H and O–H groups in total. The van der Waals surface area contributed by atoms with E-state index in [1.165, 1.54) is 5.56 Å². The third kappa shape index (κ3) is 3.48. The van der Waals surface area contributed by atoms with E-state index in [2.05, 4.69) is 19.1 Å². The Hall–Kier alpha value is -2.12. The third-order valence-electron chi connectivity index (χ3n) is 6.70. The van der Waals surface area contributed by atoms with Gasteiger partial charge in [0.15, 0.2) is 0 Å². The average Bonchev–Trinajstić information content (AvgIpc) is 2.96. The molecule has 0 aliphatic carbocycles. The normalized spacial score (nSPS) is 20.3. The molecule has 3 heterocycles. The zero-order chi connectivity index (χ0) is 21.6. The molecule has 2 aromatic rings. The van der Waals surface area contributed by atoms with Crippen molar-refractivity contribution in [2.24, 2.45) is 13.0 Å². The van der Waals surface area contributed by atoms with Crippen LogP contribution in [-0.2, 0) is 30.0 Å². The summed E-state index contributed by atoms with van der Waals surface area (Å²) in [7, 11) is -1.83. The van der Waals surface area contributed by atoms with Crippen LogP contribution in [0.4, 0.5) is 0 Å². The van der Waals surface area contributed by atoms with Gasteiger partial charge in [-0.1, -0.05) is 31.2 Å². The lowest BCUT2D eigenvalue weighted by Crippen LogP contribution is -2.39. The van der Waals surface area contributed by atoms with Crippen molar-refractivity contribution >= 4 is 15.9 Å². The zero-order valence-electron chi connectivity index (χ0n) is 18.3. The van der Waals surface area contributed by atoms with Gasteiger partial charge in [-0.3, -0.25) is 4.79 Å². The van der Waals surface area contributed by atoms with Crippen LogP contribution in [0.15, 0.2) is 29.2 Å². The minimum Gasteiger partial charge on any atom is -0.342 e. The standard InChI is InChI=1S/C23H31N3O3S/c1-16-8-7-12-26(14-16)30(28,29)22-17(2)21(24(4)18(22)3)23(27)25-13-11-19-9-5-6-10-20(19)15-25/h5-6,9-10,16H,7-8,11-15H2,1-4H3/t16-/m0/s1. The Kier molecular flexibility index (Phi) is 5.53. The monoisotopic (exact) mass is 429 g/mol. The zero-order valence-corrected chi connectivity index (χ0v) is 19.1. The molecule has 0 saturated carbocycles. The Morgan fingerprint density at radius 3 is 2.50 bits per heavy atom. The number of carbonyl (C=O) groups excluding carboxylic acids is 1. The molecule has 1 atom stereocenters. The van der Waals surface area contributed by atoms with Gasteiger partial charge >= 0.3 is 0 Å². The van der Waals surface area contributed by atoms with E-state index in [4.69, 9.17) is 0 Å². The quantitative estimate of drug-likeness (QED) is 0.752. The molecule has 1 aromatic carbocycles. The molecule has 30 heavy (non-hydrogen) atoms. The summed E-state index contributed by atoms with van der Waals surface area (Å²) in [5, 5.41) is 0. The molecule has 7 heteroatoms. The molecule has 1 saturated heterocycles. The van der Waals surface area contributed by atoms with E-state index in [9.17, 15) is 13.2 Å². The Morgan fingerprint density at radius 1 is 1.10 bits per heavy atom. The lowest BCUT2D eigenvalue weighted by atomic mass is 9.99. The van der Waals surface area contributed by atoms with Crippen molar-refractivity contribution in [1.29, 1.82) is 0 Å². The molecule has 1 fully saturated rings. The number of benzene rings is 1. The van der Waals surface area contributed by atoms with Crippen molar-refractivity contribution in [1.82, 2.24) is 13.8 Å². The van der Waals surface area contributed by atoms with Gasteiger partial charge in [0, 0.05) is 44.5 Å². The van der Waals surface area contributed by atoms with Crippen LogP contribution in [0.5, 0.6) is 0 Å². The van der Waals surface area contributed by atoms with Crippen molar-refractivity contribution in [3.8, 4) is 0 Å². The fourth-order valence-corrected chi connectivity index (χ4v) is 7.02. The lowest BCUT2D eigenvalue weighted by molar-refractivity contribution is 0.0724. The maximum Gasteiger partial charge on any atom is 0.271 e. The molecule has 1 aromatic heterocycles. The first kappa shape index (κ1) is 21.1. The first-order valence-electron chi connectivity index (χ1n) is 10.7. The molecule has 0 bridgehead atoms. The Labute approximate surface area is 179 Å². The molecule has 6 nitrogen and oxygen atoms in total. The fourth-order valence-electron chi connectivity index (χ4n) is 4.95. The predicted octanol–water partition coefficient (Wildman–Crippen LogP) is 3.26. The Balaban J connectivity index is 1.69. The van der Waals surface area contributed by atoms with E-state index >= 15 is 0 Å². The van der Waals surface area contributed by atoms with Gasteiger partial charge in [0.2, 0.25) is 10.0 Å². The van der Waals surface area contributed by atoms with E-state index in [0.29, 0.717) is 53.9 Å². The largest absolute Gasteiger partial charge is 0.342 e. The highest BCUT2D eigenvalue weighted by atomic mass is 32.2. The van der Waals surface area contributed by atoms with Gasteiger partial charge < -0.3 is 9.47 Å². The molecular formula is C23H31N3O3S. The molecular weight excluding hydrogens is 398 g/mol. The highest BCUT2D eigenvalue weighted by Crippen LogP contribution is 2.32. The summed E-state index contributed by atoms with van der Waals surface area (Å²) >= 11 is 0. The second-order valence-corrected chi connectivity index (χ2v) is 10.7. The van der Waals surface area contributed by atoms with Gasteiger partial charge in [0.05, 0.1) is 0 Å². The van der Waals surface area contributed by atoms with Gasteiger partial charge in [-0.25, -0.2) is 8.42 Å². The number of nitrogens with zero attached hydrogens (tertiary/aromatic N) is 3. The highest BCUT2D eigenvalue weighted by molar-refractivity contribution is 7.89. The minimum absolute atomic E-state index is 0.0962. The van der Waals surface area contributed by atoms with Crippen LogP contribution in [0.1, 0.15) is 52.6 Å². The smallest absolute Gasteiger partial charge is 0.271 e. The molecule has 2 aliphatic heterocycles. The van der Waals surface area contributed by atoms with Gasteiger partial charge in [-0.15, -0.1) is 0 Å². The van der Waals surface area contributed by atoms with E-state index in [0.717, 1.165) is 24.8 Å². The predicted molar refractivity (Wildman–Crippen MR) is 117 cm³/mol. The molecule has 1 amide bonds. The molecule has 2 aliphatic rings. The van der Waals surface area contributed by atoms with Crippen molar-refractivity contribution in [3.05, 3.63) is 52.3 Å². The van der Waals surface area contributed by atoms with Gasteiger partial charge in [0.1, 0.15) is 10.6 Å².